The lowest BCUT2D eigenvalue weighted by atomic mass is 9.79. The Bertz CT molecular complexity index is 1080. The molecule has 0 aliphatic carbocycles. The fraction of sp³-hybridized carbons (Fsp3) is 0.294. The van der Waals surface area contributed by atoms with Crippen LogP contribution in [-0.4, -0.2) is 30.0 Å². The zero-order valence-electron chi connectivity index (χ0n) is 21.9. The second-order valence-electron chi connectivity index (χ2n) is 9.78. The molecule has 3 aromatic rings. The van der Waals surface area contributed by atoms with Crippen LogP contribution in [0, 0.1) is 0 Å². The summed E-state index contributed by atoms with van der Waals surface area (Å²) in [7, 11) is 0. The summed E-state index contributed by atoms with van der Waals surface area (Å²) in [6.45, 7) is 7.93. The Morgan fingerprint density at radius 2 is 1.46 bits per heavy atom. The second-order valence-corrected chi connectivity index (χ2v) is 9.78. The number of ether oxygens (including phenoxy) is 2. The van der Waals surface area contributed by atoms with Crippen molar-refractivity contribution in [3.63, 3.8) is 0 Å². The number of rotatable bonds is 8. The van der Waals surface area contributed by atoms with E-state index in [-0.39, 0.29) is 18.8 Å². The molecule has 0 amide bonds. The van der Waals surface area contributed by atoms with E-state index in [2.05, 4.69) is 62.1 Å². The Labute approximate surface area is 221 Å². The molecule has 37 heavy (non-hydrogen) atoms. The van der Waals surface area contributed by atoms with Crippen LogP contribution in [0.3, 0.4) is 0 Å². The molecule has 3 nitrogen and oxygen atoms in total. The summed E-state index contributed by atoms with van der Waals surface area (Å²) in [5.41, 5.74) is 4.56. The predicted octanol–water partition coefficient (Wildman–Crippen LogP) is 7.37. The lowest BCUT2D eigenvalue weighted by Crippen LogP contribution is -2.44. The molecule has 1 aliphatic rings. The fourth-order valence-electron chi connectivity index (χ4n) is 5.15. The Hall–Kier alpha value is -3.24. The zero-order chi connectivity index (χ0) is 26.1. The van der Waals surface area contributed by atoms with Gasteiger partial charge >= 0.3 is 0 Å². The molecule has 3 atom stereocenters. The van der Waals surface area contributed by atoms with Crippen molar-refractivity contribution < 1.29 is 14.6 Å². The van der Waals surface area contributed by atoms with Crippen molar-refractivity contribution in [3.05, 3.63) is 144 Å². The van der Waals surface area contributed by atoms with E-state index in [1.54, 1.807) is 0 Å². The van der Waals surface area contributed by atoms with Crippen LogP contribution in [0.2, 0.25) is 0 Å². The van der Waals surface area contributed by atoms with E-state index in [0.717, 1.165) is 41.5 Å². The number of allylic oxidation sites excluding steroid dienone is 3. The monoisotopic (exact) mass is 494 g/mol. The van der Waals surface area contributed by atoms with E-state index in [1.807, 2.05) is 67.6 Å². The average molecular weight is 495 g/mol. The Morgan fingerprint density at radius 1 is 0.946 bits per heavy atom. The predicted molar refractivity (Wildman–Crippen MR) is 151 cm³/mol. The summed E-state index contributed by atoms with van der Waals surface area (Å²) in [5.74, 6) is 0. The first-order chi connectivity index (χ1) is 18.1. The molecule has 1 N–H and O–H groups in total. The minimum absolute atomic E-state index is 0.129. The molecule has 0 radical (unpaired) electrons. The number of aliphatic hydroxyl groups excluding tert-OH is 1. The average Bonchev–Trinajstić information content (AvgIpc) is 3.01. The van der Waals surface area contributed by atoms with Gasteiger partial charge in [0.05, 0.1) is 18.8 Å². The first kappa shape index (κ1) is 26.8. The van der Waals surface area contributed by atoms with Crippen molar-refractivity contribution in [2.75, 3.05) is 6.61 Å². The van der Waals surface area contributed by atoms with Gasteiger partial charge in [-0.05, 0) is 49.8 Å². The van der Waals surface area contributed by atoms with E-state index in [4.69, 9.17) is 9.47 Å². The molecule has 3 heteroatoms. The highest BCUT2D eigenvalue weighted by molar-refractivity contribution is 5.47. The summed E-state index contributed by atoms with van der Waals surface area (Å²) in [4.78, 5) is 0. The summed E-state index contributed by atoms with van der Waals surface area (Å²) in [5, 5.41) is 10.6. The van der Waals surface area contributed by atoms with Gasteiger partial charge in [0, 0.05) is 0 Å². The van der Waals surface area contributed by atoms with Crippen molar-refractivity contribution in [2.45, 2.75) is 57.0 Å². The largest absolute Gasteiger partial charge is 0.394 e. The topological polar surface area (TPSA) is 38.7 Å². The minimum Gasteiger partial charge on any atom is -0.394 e. The highest BCUT2D eigenvalue weighted by Gasteiger charge is 2.42. The van der Waals surface area contributed by atoms with Gasteiger partial charge in [-0.3, -0.25) is 0 Å². The third kappa shape index (κ3) is 6.37. The van der Waals surface area contributed by atoms with Crippen LogP contribution < -0.4 is 0 Å². The normalized spacial score (nSPS) is 22.7. The van der Waals surface area contributed by atoms with E-state index in [1.165, 1.54) is 5.57 Å². The maximum absolute atomic E-state index is 10.6. The van der Waals surface area contributed by atoms with Crippen LogP contribution in [0.4, 0.5) is 0 Å². The van der Waals surface area contributed by atoms with Crippen LogP contribution in [0.25, 0.3) is 0 Å². The zero-order valence-corrected chi connectivity index (χ0v) is 21.9. The molecule has 4 rings (SSSR count). The first-order valence-corrected chi connectivity index (χ1v) is 13.1. The van der Waals surface area contributed by atoms with Gasteiger partial charge in [-0.2, -0.15) is 0 Å². The third-order valence-electron chi connectivity index (χ3n) is 7.05. The number of benzene rings is 3. The number of aliphatic hydroxyl groups is 1. The standard InChI is InChI=1S/C34H38O3/c1-4-26(2)23-31-24-27(3)15-14-22-32(33(25-35)36-31)37-34(28-16-8-5-9-17-28,29-18-10-6-11-19-29)30-20-12-7-13-21-30/h4-13,15-21,23,31-33,35H,1,14,22,24-25H2,2-3H3/b26-23+,27-15+/t31-,32+,33+/m0/s1. The van der Waals surface area contributed by atoms with Crippen molar-refractivity contribution >= 4 is 0 Å². The Kier molecular flexibility index (Phi) is 9.29. The molecule has 192 valence electrons. The van der Waals surface area contributed by atoms with Gasteiger partial charge in [0.25, 0.3) is 0 Å². The summed E-state index contributed by atoms with van der Waals surface area (Å²) >= 11 is 0. The van der Waals surface area contributed by atoms with Gasteiger partial charge in [0.1, 0.15) is 11.7 Å². The van der Waals surface area contributed by atoms with Crippen molar-refractivity contribution in [2.24, 2.45) is 0 Å². The first-order valence-electron chi connectivity index (χ1n) is 13.1. The summed E-state index contributed by atoms with van der Waals surface area (Å²) in [6.07, 6.45) is 7.54. The molecule has 1 aliphatic heterocycles. The van der Waals surface area contributed by atoms with Gasteiger partial charge in [0.15, 0.2) is 0 Å². The van der Waals surface area contributed by atoms with Crippen LogP contribution in [0.1, 0.15) is 49.8 Å². The van der Waals surface area contributed by atoms with E-state index < -0.39 is 11.7 Å². The lowest BCUT2D eigenvalue weighted by molar-refractivity contribution is -0.146. The Morgan fingerprint density at radius 3 is 1.92 bits per heavy atom. The minimum atomic E-state index is -0.875. The third-order valence-corrected chi connectivity index (χ3v) is 7.05. The molecule has 3 aromatic carbocycles. The van der Waals surface area contributed by atoms with Crippen LogP contribution in [0.15, 0.2) is 127 Å². The van der Waals surface area contributed by atoms with Gasteiger partial charge in [-0.15, -0.1) is 0 Å². The van der Waals surface area contributed by atoms with E-state index in [9.17, 15) is 5.11 Å². The van der Waals surface area contributed by atoms with Crippen molar-refractivity contribution in [3.8, 4) is 0 Å². The molecule has 0 spiro atoms. The molecular formula is C34H38O3. The molecular weight excluding hydrogens is 456 g/mol. The SMILES string of the molecule is C=C/C(C)=C/[C@H]1C/C(C)=C/CC[C@@H](OC(c2ccccc2)(c2ccccc2)c2ccccc2)[C@@H](CO)O1. The molecule has 0 aromatic heterocycles. The molecule has 0 fully saturated rings. The molecule has 0 bridgehead atoms. The highest BCUT2D eigenvalue weighted by Crippen LogP contribution is 2.42. The van der Waals surface area contributed by atoms with Crippen LogP contribution in [0.5, 0.6) is 0 Å². The highest BCUT2D eigenvalue weighted by atomic mass is 16.6. The van der Waals surface area contributed by atoms with Gasteiger partial charge in [-0.25, -0.2) is 0 Å². The fourth-order valence-corrected chi connectivity index (χ4v) is 5.15. The van der Waals surface area contributed by atoms with Crippen LogP contribution >= 0.6 is 0 Å². The Balaban J connectivity index is 1.85. The van der Waals surface area contributed by atoms with Gasteiger partial charge < -0.3 is 14.6 Å². The molecule has 0 saturated carbocycles. The summed E-state index contributed by atoms with van der Waals surface area (Å²) < 4.78 is 13.9. The van der Waals surface area contributed by atoms with Gasteiger partial charge in [-0.1, -0.05) is 127 Å². The molecule has 0 saturated heterocycles. The molecule has 1 heterocycles. The maximum atomic E-state index is 10.6. The quantitative estimate of drug-likeness (QED) is 0.202. The van der Waals surface area contributed by atoms with Crippen molar-refractivity contribution in [1.82, 2.24) is 0 Å². The molecule has 0 unspecified atom stereocenters. The smallest absolute Gasteiger partial charge is 0.144 e. The lowest BCUT2D eigenvalue weighted by Gasteiger charge is -2.41. The van der Waals surface area contributed by atoms with Gasteiger partial charge in [0.2, 0.25) is 0 Å². The number of hydrogen-bond donors (Lipinski definition) is 1. The van der Waals surface area contributed by atoms with Crippen LogP contribution in [-0.2, 0) is 15.1 Å². The van der Waals surface area contributed by atoms with Crippen molar-refractivity contribution in [1.29, 1.82) is 0 Å². The maximum Gasteiger partial charge on any atom is 0.144 e. The van der Waals surface area contributed by atoms with E-state index >= 15 is 0 Å². The number of hydrogen-bond acceptors (Lipinski definition) is 3. The van der Waals surface area contributed by atoms with E-state index in [0.29, 0.717) is 0 Å². The second kappa shape index (κ2) is 12.8. The summed E-state index contributed by atoms with van der Waals surface area (Å²) in [6, 6.07) is 31.1.